The number of carbonyl (C=O) groups excluding carboxylic acids is 2. The molecule has 1 aromatic carbocycles. The summed E-state index contributed by atoms with van der Waals surface area (Å²) in [5.41, 5.74) is 6.47. The number of fused-ring (bicyclic) bond motifs is 1. The standard InChI is InChI=1S/C28H40N4O5/c1-20-22(21(2)30-26(20)19-24-23-7-5-6-8-25(23)31-28(24)34)9-10-27(33)32(4)12-14-36-16-18-37-17-15-35-13-11-29-3/h5-8,19,29-30H,9-18H2,1-4H3,(H,31,34). The highest BCUT2D eigenvalue weighted by Crippen LogP contribution is 2.33. The molecule has 3 rings (SSSR count). The molecule has 3 N–H and O–H groups in total. The maximum Gasteiger partial charge on any atom is 0.256 e. The number of amides is 2. The van der Waals surface area contributed by atoms with Crippen molar-refractivity contribution in [1.29, 1.82) is 0 Å². The minimum atomic E-state index is -0.103. The summed E-state index contributed by atoms with van der Waals surface area (Å²) in [6.07, 6.45) is 2.94. The van der Waals surface area contributed by atoms with Gasteiger partial charge in [-0.25, -0.2) is 0 Å². The number of rotatable bonds is 16. The fourth-order valence-electron chi connectivity index (χ4n) is 4.23. The van der Waals surface area contributed by atoms with Crippen LogP contribution in [0.25, 0.3) is 11.6 Å². The zero-order valence-corrected chi connectivity index (χ0v) is 22.4. The van der Waals surface area contributed by atoms with Crippen molar-refractivity contribution < 1.29 is 23.8 Å². The maximum atomic E-state index is 12.7. The van der Waals surface area contributed by atoms with Crippen molar-refractivity contribution in [2.24, 2.45) is 0 Å². The van der Waals surface area contributed by atoms with E-state index in [9.17, 15) is 9.59 Å². The number of nitrogens with zero attached hydrogens (tertiary/aromatic N) is 1. The van der Waals surface area contributed by atoms with Gasteiger partial charge in [0, 0.05) is 49.2 Å². The molecule has 2 heterocycles. The molecule has 0 unspecified atom stereocenters. The lowest BCUT2D eigenvalue weighted by atomic mass is 10.0. The van der Waals surface area contributed by atoms with E-state index in [1.54, 1.807) is 11.9 Å². The average Bonchev–Trinajstić information content (AvgIpc) is 3.35. The third kappa shape index (κ3) is 8.26. The van der Waals surface area contributed by atoms with Crippen LogP contribution in [0.4, 0.5) is 5.69 Å². The monoisotopic (exact) mass is 512 g/mol. The first-order valence-electron chi connectivity index (χ1n) is 12.8. The highest BCUT2D eigenvalue weighted by molar-refractivity contribution is 6.34. The first-order valence-corrected chi connectivity index (χ1v) is 12.8. The predicted molar refractivity (Wildman–Crippen MR) is 146 cm³/mol. The molecule has 0 saturated heterocycles. The summed E-state index contributed by atoms with van der Waals surface area (Å²) in [6, 6.07) is 7.68. The summed E-state index contributed by atoms with van der Waals surface area (Å²) in [4.78, 5) is 30.2. The number of carbonyl (C=O) groups is 2. The summed E-state index contributed by atoms with van der Waals surface area (Å²) < 4.78 is 16.4. The van der Waals surface area contributed by atoms with E-state index in [1.165, 1.54) is 0 Å². The molecule has 1 aliphatic rings. The van der Waals surface area contributed by atoms with E-state index >= 15 is 0 Å². The van der Waals surface area contributed by atoms with Crippen molar-refractivity contribution in [2.75, 3.05) is 72.1 Å². The van der Waals surface area contributed by atoms with Gasteiger partial charge in [0.25, 0.3) is 5.91 Å². The molecule has 0 saturated carbocycles. The number of aryl methyl sites for hydroxylation is 1. The zero-order chi connectivity index (χ0) is 26.6. The van der Waals surface area contributed by atoms with Crippen LogP contribution in [0.3, 0.4) is 0 Å². The summed E-state index contributed by atoms with van der Waals surface area (Å²) in [7, 11) is 3.69. The van der Waals surface area contributed by atoms with Gasteiger partial charge in [-0.3, -0.25) is 9.59 Å². The first kappa shape index (κ1) is 28.6. The van der Waals surface area contributed by atoms with Gasteiger partial charge in [0.05, 0.1) is 45.2 Å². The Balaban J connectivity index is 1.40. The number of ether oxygens (including phenoxy) is 3. The maximum absolute atomic E-state index is 12.7. The number of benzene rings is 1. The molecule has 1 aromatic heterocycles. The van der Waals surface area contributed by atoms with Crippen LogP contribution in [0.15, 0.2) is 24.3 Å². The third-order valence-corrected chi connectivity index (χ3v) is 6.46. The predicted octanol–water partition coefficient (Wildman–Crippen LogP) is 2.78. The number of H-pyrrole nitrogens is 1. The number of aromatic nitrogens is 1. The SMILES string of the molecule is CNCCOCCOCCOCCN(C)C(=O)CCc1c(C)[nH]c(C=C2C(=O)Nc3ccccc32)c1C. The number of hydrogen-bond acceptors (Lipinski definition) is 6. The Morgan fingerprint density at radius 3 is 2.43 bits per heavy atom. The Bertz CT molecular complexity index is 1080. The summed E-state index contributed by atoms with van der Waals surface area (Å²) in [6.45, 7) is 8.64. The van der Waals surface area contributed by atoms with Crippen LogP contribution >= 0.6 is 0 Å². The van der Waals surface area contributed by atoms with Crippen LogP contribution in [0.5, 0.6) is 0 Å². The molecule has 9 heteroatoms. The Morgan fingerprint density at radius 2 is 1.70 bits per heavy atom. The highest BCUT2D eigenvalue weighted by Gasteiger charge is 2.24. The number of nitrogens with one attached hydrogen (secondary N) is 3. The second kappa shape index (κ2) is 14.7. The Hall–Kier alpha value is -2.98. The van der Waals surface area contributed by atoms with Gasteiger partial charge in [0.2, 0.25) is 5.91 Å². The van der Waals surface area contributed by atoms with Crippen LogP contribution in [0.2, 0.25) is 0 Å². The van der Waals surface area contributed by atoms with Crippen molar-refractivity contribution in [3.63, 3.8) is 0 Å². The minimum absolute atomic E-state index is 0.0718. The third-order valence-electron chi connectivity index (χ3n) is 6.46. The Morgan fingerprint density at radius 1 is 1.03 bits per heavy atom. The molecule has 0 fully saturated rings. The first-order chi connectivity index (χ1) is 17.9. The summed E-state index contributed by atoms with van der Waals surface area (Å²) in [5.74, 6) is -0.0308. The fourth-order valence-corrected chi connectivity index (χ4v) is 4.23. The fraction of sp³-hybridized carbons (Fsp3) is 0.500. The molecule has 0 bridgehead atoms. The van der Waals surface area contributed by atoms with E-state index < -0.39 is 0 Å². The molecule has 0 spiro atoms. The van der Waals surface area contributed by atoms with E-state index in [2.05, 4.69) is 15.6 Å². The van der Waals surface area contributed by atoms with Gasteiger partial charge in [-0.15, -0.1) is 0 Å². The summed E-state index contributed by atoms with van der Waals surface area (Å²) in [5, 5.41) is 5.93. The highest BCUT2D eigenvalue weighted by atomic mass is 16.5. The van der Waals surface area contributed by atoms with Gasteiger partial charge < -0.3 is 34.7 Å². The topological polar surface area (TPSA) is 105 Å². The van der Waals surface area contributed by atoms with Gasteiger partial charge in [-0.05, 0) is 50.6 Å². The molecule has 202 valence electrons. The molecule has 0 atom stereocenters. The van der Waals surface area contributed by atoms with Crippen LogP contribution in [-0.4, -0.2) is 88.5 Å². The van der Waals surface area contributed by atoms with E-state index in [0.717, 1.165) is 40.3 Å². The lowest BCUT2D eigenvalue weighted by Crippen LogP contribution is -2.30. The normalized spacial score (nSPS) is 13.7. The van der Waals surface area contributed by atoms with E-state index in [1.807, 2.05) is 51.2 Å². The molecule has 2 amide bonds. The quantitative estimate of drug-likeness (QED) is 0.236. The lowest BCUT2D eigenvalue weighted by Gasteiger charge is -2.17. The molecule has 2 aromatic rings. The van der Waals surface area contributed by atoms with Crippen LogP contribution in [-0.2, 0) is 30.2 Å². The van der Waals surface area contributed by atoms with Gasteiger partial charge in [-0.1, -0.05) is 18.2 Å². The Kier molecular flexibility index (Phi) is 11.3. The van der Waals surface area contributed by atoms with Gasteiger partial charge in [0.15, 0.2) is 0 Å². The molecule has 0 aliphatic carbocycles. The van der Waals surface area contributed by atoms with Gasteiger partial charge >= 0.3 is 0 Å². The molecule has 37 heavy (non-hydrogen) atoms. The van der Waals surface area contributed by atoms with Crippen molar-refractivity contribution >= 4 is 29.2 Å². The molecular weight excluding hydrogens is 472 g/mol. The number of para-hydroxylation sites is 1. The van der Waals surface area contributed by atoms with Crippen molar-refractivity contribution in [1.82, 2.24) is 15.2 Å². The van der Waals surface area contributed by atoms with Gasteiger partial charge in [-0.2, -0.15) is 0 Å². The molecule has 9 nitrogen and oxygen atoms in total. The Labute approximate surface area is 219 Å². The smallest absolute Gasteiger partial charge is 0.256 e. The van der Waals surface area contributed by atoms with E-state index in [-0.39, 0.29) is 11.8 Å². The van der Waals surface area contributed by atoms with Crippen molar-refractivity contribution in [2.45, 2.75) is 26.7 Å². The number of anilines is 1. The average molecular weight is 513 g/mol. The molecule has 1 aliphatic heterocycles. The molecular formula is C28H40N4O5. The van der Waals surface area contributed by atoms with Crippen LogP contribution < -0.4 is 10.6 Å². The van der Waals surface area contributed by atoms with Crippen molar-refractivity contribution in [3.05, 3.63) is 52.3 Å². The lowest BCUT2D eigenvalue weighted by molar-refractivity contribution is -0.130. The van der Waals surface area contributed by atoms with Crippen LogP contribution in [0, 0.1) is 13.8 Å². The van der Waals surface area contributed by atoms with E-state index in [4.69, 9.17) is 14.2 Å². The summed E-state index contributed by atoms with van der Waals surface area (Å²) >= 11 is 0. The number of hydrogen-bond donors (Lipinski definition) is 3. The second-order valence-corrected chi connectivity index (χ2v) is 9.08. The second-order valence-electron chi connectivity index (χ2n) is 9.08. The zero-order valence-electron chi connectivity index (χ0n) is 22.4. The number of likely N-dealkylation sites (N-methyl/N-ethyl adjacent to an activating group) is 2. The largest absolute Gasteiger partial charge is 0.378 e. The molecule has 0 radical (unpaired) electrons. The van der Waals surface area contributed by atoms with E-state index in [0.29, 0.717) is 64.6 Å². The van der Waals surface area contributed by atoms with Gasteiger partial charge in [0.1, 0.15) is 0 Å². The van der Waals surface area contributed by atoms with Crippen LogP contribution in [0.1, 0.15) is 34.5 Å². The van der Waals surface area contributed by atoms with Crippen molar-refractivity contribution in [3.8, 4) is 0 Å². The minimum Gasteiger partial charge on any atom is -0.378 e. The number of aromatic amines is 1.